The number of nitrogens with zero attached hydrogens (tertiary/aromatic N) is 4. The van der Waals surface area contributed by atoms with Crippen LogP contribution >= 0.6 is 0 Å². The summed E-state index contributed by atoms with van der Waals surface area (Å²) >= 11 is 0. The zero-order chi connectivity index (χ0) is 18.1. The first-order chi connectivity index (χ1) is 11.9. The van der Waals surface area contributed by atoms with Crippen molar-refractivity contribution in [2.24, 2.45) is 10.8 Å². The van der Waals surface area contributed by atoms with E-state index in [0.29, 0.717) is 5.01 Å². The summed E-state index contributed by atoms with van der Waals surface area (Å²) in [5, 5.41) is 14.3. The molecule has 10 heteroatoms. The molecule has 0 unspecified atom stereocenters. The van der Waals surface area contributed by atoms with Crippen LogP contribution in [0.3, 0.4) is 0 Å². The number of rotatable bonds is 3. The first kappa shape index (κ1) is 15.9. The zero-order valence-corrected chi connectivity index (χ0v) is 12.4. The van der Waals surface area contributed by atoms with Gasteiger partial charge in [0, 0.05) is 17.6 Å². The van der Waals surface area contributed by atoms with Gasteiger partial charge in [-0.15, -0.1) is 0 Å². The van der Waals surface area contributed by atoms with Gasteiger partial charge in [-0.2, -0.15) is 10.1 Å². The summed E-state index contributed by atoms with van der Waals surface area (Å²) in [5.74, 6) is 0. The van der Waals surface area contributed by atoms with Crippen LogP contribution in [0.1, 0.15) is 0 Å². The van der Waals surface area contributed by atoms with E-state index in [4.69, 9.17) is 5.73 Å². The van der Waals surface area contributed by atoms with Crippen LogP contribution in [0.25, 0.3) is 10.8 Å². The second-order valence-electron chi connectivity index (χ2n) is 4.92. The lowest BCUT2D eigenvalue weighted by Gasteiger charge is -2.12. The average Bonchev–Trinajstić information content (AvgIpc) is 2.84. The fraction of sp³-hybridized carbons (Fsp3) is 0. The van der Waals surface area contributed by atoms with E-state index in [9.17, 15) is 24.5 Å². The molecule has 0 atom stereocenters. The maximum Gasteiger partial charge on any atom is 0.340 e. The monoisotopic (exact) mass is 339 g/mol. The van der Waals surface area contributed by atoms with E-state index in [-0.39, 0.29) is 16.5 Å². The summed E-state index contributed by atoms with van der Waals surface area (Å²) in [5.41, 5.74) is 3.11. The Morgan fingerprint density at radius 3 is 2.56 bits per heavy atom. The number of nitro benzene ring substituents is 1. The highest BCUT2D eigenvalue weighted by molar-refractivity contribution is 5.92. The molecule has 0 spiro atoms. The molecule has 0 bridgehead atoms. The Labute approximate surface area is 138 Å². The molecule has 0 aliphatic rings. The van der Waals surface area contributed by atoms with Gasteiger partial charge in [0.2, 0.25) is 10.9 Å². The first-order valence-electron chi connectivity index (χ1n) is 6.87. The fourth-order valence-electron chi connectivity index (χ4n) is 2.37. The summed E-state index contributed by atoms with van der Waals surface area (Å²) in [6, 6.07) is 5.58. The predicted octanol–water partition coefficient (Wildman–Crippen LogP) is 0.140. The summed E-state index contributed by atoms with van der Waals surface area (Å²) in [6.07, 6.45) is 2.70. The maximum atomic E-state index is 12.5. The Morgan fingerprint density at radius 1 is 1.20 bits per heavy atom. The topological polar surface area (TPSA) is 149 Å². The Hall–Kier alpha value is -3.95. The predicted molar refractivity (Wildman–Crippen MR) is 87.4 cm³/mol. The molecule has 10 nitrogen and oxygen atoms in total. The molecular formula is C15H9N5O5. The first-order valence-corrected chi connectivity index (χ1v) is 6.87. The zero-order valence-electron chi connectivity index (χ0n) is 12.4. The SMILES string of the molecule is NC(=O)N(/N=c1/c(=O)c2cccc([N+](=O)[O-])c2c1=O)c1cccnc1. The average molecular weight is 339 g/mol. The molecule has 0 saturated heterocycles. The number of carbonyl (C=O) groups excluding carboxylic acids is 1. The molecule has 0 aliphatic carbocycles. The van der Waals surface area contributed by atoms with Crippen LogP contribution in [-0.2, 0) is 0 Å². The highest BCUT2D eigenvalue weighted by Gasteiger charge is 2.22. The van der Waals surface area contributed by atoms with Crippen molar-refractivity contribution >= 4 is 28.2 Å². The lowest BCUT2D eigenvalue weighted by atomic mass is 10.2. The second-order valence-corrected chi connectivity index (χ2v) is 4.92. The Balaban J connectivity index is 2.36. The van der Waals surface area contributed by atoms with Crippen LogP contribution in [0.15, 0.2) is 57.4 Å². The molecule has 2 N–H and O–H groups in total. The van der Waals surface area contributed by atoms with Crippen molar-refractivity contribution in [1.29, 1.82) is 0 Å². The minimum atomic E-state index is -1.05. The molecule has 0 saturated carbocycles. The number of anilines is 1. The summed E-state index contributed by atoms with van der Waals surface area (Å²) in [7, 11) is 0. The van der Waals surface area contributed by atoms with Crippen molar-refractivity contribution in [1.82, 2.24) is 4.98 Å². The maximum absolute atomic E-state index is 12.5. The largest absolute Gasteiger partial charge is 0.350 e. The van der Waals surface area contributed by atoms with E-state index >= 15 is 0 Å². The molecule has 2 aromatic carbocycles. The third-order valence-electron chi connectivity index (χ3n) is 3.44. The molecule has 1 aromatic heterocycles. The van der Waals surface area contributed by atoms with Crippen LogP contribution in [0.5, 0.6) is 0 Å². The van der Waals surface area contributed by atoms with Gasteiger partial charge in [-0.3, -0.25) is 24.7 Å². The van der Waals surface area contributed by atoms with Gasteiger partial charge < -0.3 is 5.73 Å². The van der Waals surface area contributed by atoms with Gasteiger partial charge in [0.25, 0.3) is 5.69 Å². The molecule has 2 amide bonds. The highest BCUT2D eigenvalue weighted by Crippen LogP contribution is 2.19. The number of amides is 2. The lowest BCUT2D eigenvalue weighted by molar-refractivity contribution is -0.383. The number of primary amides is 1. The number of hydrogen-bond donors (Lipinski definition) is 1. The van der Waals surface area contributed by atoms with Gasteiger partial charge in [0.1, 0.15) is 5.39 Å². The van der Waals surface area contributed by atoms with Crippen molar-refractivity contribution in [3.05, 3.63) is 78.6 Å². The number of aromatic nitrogens is 1. The van der Waals surface area contributed by atoms with Crippen molar-refractivity contribution in [3.8, 4) is 0 Å². The second kappa shape index (κ2) is 5.92. The number of fused-ring (bicyclic) bond motifs is 1. The van der Waals surface area contributed by atoms with Crippen LogP contribution < -0.4 is 27.0 Å². The quantitative estimate of drug-likeness (QED) is 0.530. The fourth-order valence-corrected chi connectivity index (χ4v) is 2.37. The molecular weight excluding hydrogens is 330 g/mol. The Bertz CT molecular complexity index is 1150. The van der Waals surface area contributed by atoms with Crippen LogP contribution in [0, 0.1) is 10.1 Å². The molecule has 124 valence electrons. The van der Waals surface area contributed by atoms with E-state index in [1.54, 1.807) is 0 Å². The molecule has 3 aromatic rings. The van der Waals surface area contributed by atoms with Crippen LogP contribution in [-0.4, -0.2) is 15.9 Å². The van der Waals surface area contributed by atoms with E-state index in [1.165, 1.54) is 36.7 Å². The van der Waals surface area contributed by atoms with Gasteiger partial charge in [-0.1, -0.05) is 6.07 Å². The van der Waals surface area contributed by atoms with Gasteiger partial charge in [-0.25, -0.2) is 4.79 Å². The van der Waals surface area contributed by atoms with E-state index < -0.39 is 32.9 Å². The standard InChI is InChI=1S/C15H9N5O5/c16-15(23)19(8-3-2-6-17-7-8)18-12-13(21)9-4-1-5-10(20(24)25)11(9)14(12)22/h1-7H,(H2,16,23)/b18-12-. The number of pyridine rings is 1. The Kier molecular flexibility index (Phi) is 3.77. The summed E-state index contributed by atoms with van der Waals surface area (Å²) in [4.78, 5) is 50.6. The number of hydrogen-bond acceptors (Lipinski definition) is 7. The van der Waals surface area contributed by atoms with Crippen molar-refractivity contribution in [2.75, 3.05) is 5.01 Å². The number of carbonyl (C=O) groups is 1. The van der Waals surface area contributed by atoms with Crippen molar-refractivity contribution in [2.45, 2.75) is 0 Å². The lowest BCUT2D eigenvalue weighted by Crippen LogP contribution is -2.40. The van der Waals surface area contributed by atoms with Crippen molar-refractivity contribution < 1.29 is 9.72 Å². The smallest absolute Gasteiger partial charge is 0.340 e. The number of nitrogens with two attached hydrogens (primary N) is 1. The third kappa shape index (κ3) is 2.61. The highest BCUT2D eigenvalue weighted by atomic mass is 16.6. The normalized spacial score (nSPS) is 11.6. The summed E-state index contributed by atoms with van der Waals surface area (Å²) in [6.45, 7) is 0. The molecule has 3 rings (SSSR count). The molecule has 0 radical (unpaired) electrons. The third-order valence-corrected chi connectivity index (χ3v) is 3.44. The van der Waals surface area contributed by atoms with Gasteiger partial charge in [0.05, 0.1) is 16.8 Å². The minimum absolute atomic E-state index is 0.133. The summed E-state index contributed by atoms with van der Waals surface area (Å²) < 4.78 is 0. The van der Waals surface area contributed by atoms with E-state index in [2.05, 4.69) is 10.1 Å². The molecule has 1 heterocycles. The molecule has 25 heavy (non-hydrogen) atoms. The van der Waals surface area contributed by atoms with E-state index in [0.717, 1.165) is 6.07 Å². The number of nitro groups is 1. The van der Waals surface area contributed by atoms with Gasteiger partial charge in [0.15, 0.2) is 5.36 Å². The number of benzene rings is 1. The van der Waals surface area contributed by atoms with E-state index in [1.807, 2.05) is 0 Å². The van der Waals surface area contributed by atoms with Crippen LogP contribution in [0.4, 0.5) is 16.2 Å². The van der Waals surface area contributed by atoms with Crippen molar-refractivity contribution in [3.63, 3.8) is 0 Å². The molecule has 0 aliphatic heterocycles. The number of non-ortho nitro benzene ring substituents is 1. The van der Waals surface area contributed by atoms with Gasteiger partial charge >= 0.3 is 6.03 Å². The minimum Gasteiger partial charge on any atom is -0.350 e. The Morgan fingerprint density at radius 2 is 1.96 bits per heavy atom. The van der Waals surface area contributed by atoms with Gasteiger partial charge in [-0.05, 0) is 18.2 Å². The molecule has 0 fully saturated rings. The number of urea groups is 1. The van der Waals surface area contributed by atoms with Crippen LogP contribution in [0.2, 0.25) is 0 Å².